The molecule has 0 atom stereocenters. The number of carbonyl (C=O) groups excluding carboxylic acids is 1. The van der Waals surface area contributed by atoms with Gasteiger partial charge >= 0.3 is 0 Å². The monoisotopic (exact) mass is 299 g/mol. The summed E-state index contributed by atoms with van der Waals surface area (Å²) in [7, 11) is 1.60. The summed E-state index contributed by atoms with van der Waals surface area (Å²) >= 11 is 0. The number of benzene rings is 2. The molecule has 22 heavy (non-hydrogen) atoms. The van der Waals surface area contributed by atoms with Crippen LogP contribution in [0.1, 0.15) is 21.5 Å². The molecule has 2 aromatic rings. The van der Waals surface area contributed by atoms with Gasteiger partial charge in [-0.25, -0.2) is 0 Å². The smallest absolute Gasteiger partial charge is 0.251 e. The van der Waals surface area contributed by atoms with Crippen molar-refractivity contribution >= 4 is 5.91 Å². The van der Waals surface area contributed by atoms with Crippen LogP contribution in [0.25, 0.3) is 0 Å². The fourth-order valence-electron chi connectivity index (χ4n) is 2.27. The van der Waals surface area contributed by atoms with Gasteiger partial charge < -0.3 is 14.8 Å². The zero-order chi connectivity index (χ0) is 15.9. The third-order valence-corrected chi connectivity index (χ3v) is 3.20. The standard InChI is InChI=1S/C18H21NO3/c1-13-10-14(2)12-15(11-13)18(20)19-8-9-22-17-7-5-4-6-16(17)21-3/h4-7,10-12H,8-9H2,1-3H3,(H,19,20). The number of carbonyl (C=O) groups is 1. The van der Waals surface area contributed by atoms with Gasteiger partial charge in [-0.15, -0.1) is 0 Å². The van der Waals surface area contributed by atoms with E-state index < -0.39 is 0 Å². The third kappa shape index (κ3) is 4.25. The predicted octanol–water partition coefficient (Wildman–Crippen LogP) is 3.12. The van der Waals surface area contributed by atoms with Crippen molar-refractivity contribution in [2.75, 3.05) is 20.3 Å². The number of rotatable bonds is 6. The third-order valence-electron chi connectivity index (χ3n) is 3.20. The molecule has 4 nitrogen and oxygen atoms in total. The van der Waals surface area contributed by atoms with Crippen molar-refractivity contribution in [2.24, 2.45) is 0 Å². The van der Waals surface area contributed by atoms with Gasteiger partial charge in [-0.3, -0.25) is 4.79 Å². The molecule has 0 aliphatic heterocycles. The summed E-state index contributed by atoms with van der Waals surface area (Å²) in [5.74, 6) is 1.27. The van der Waals surface area contributed by atoms with Crippen molar-refractivity contribution in [2.45, 2.75) is 13.8 Å². The van der Waals surface area contributed by atoms with Crippen molar-refractivity contribution in [1.29, 1.82) is 0 Å². The van der Waals surface area contributed by atoms with Gasteiger partial charge in [0.05, 0.1) is 13.7 Å². The Labute approximate surface area is 131 Å². The van der Waals surface area contributed by atoms with E-state index in [0.717, 1.165) is 11.1 Å². The van der Waals surface area contributed by atoms with Gasteiger partial charge in [-0.2, -0.15) is 0 Å². The molecule has 0 fully saturated rings. The van der Waals surface area contributed by atoms with E-state index in [-0.39, 0.29) is 5.91 Å². The molecule has 0 aliphatic carbocycles. The van der Waals surface area contributed by atoms with E-state index >= 15 is 0 Å². The second-order valence-electron chi connectivity index (χ2n) is 5.13. The van der Waals surface area contributed by atoms with Gasteiger partial charge in [0.2, 0.25) is 0 Å². The van der Waals surface area contributed by atoms with Gasteiger partial charge in [0, 0.05) is 5.56 Å². The first kappa shape index (κ1) is 15.9. The summed E-state index contributed by atoms with van der Waals surface area (Å²) in [5.41, 5.74) is 2.83. The average molecular weight is 299 g/mol. The summed E-state index contributed by atoms with van der Waals surface area (Å²) < 4.78 is 10.8. The number of hydrogen-bond acceptors (Lipinski definition) is 3. The summed E-state index contributed by atoms with van der Waals surface area (Å²) in [4.78, 5) is 12.1. The van der Waals surface area contributed by atoms with Crippen LogP contribution in [-0.2, 0) is 0 Å². The molecular formula is C18H21NO3. The Kier molecular flexibility index (Phi) is 5.42. The highest BCUT2D eigenvalue weighted by Gasteiger charge is 2.07. The molecule has 0 bridgehead atoms. The summed E-state index contributed by atoms with van der Waals surface area (Å²) in [6, 6.07) is 13.2. The van der Waals surface area contributed by atoms with Crippen molar-refractivity contribution in [3.05, 3.63) is 59.2 Å². The van der Waals surface area contributed by atoms with Crippen molar-refractivity contribution < 1.29 is 14.3 Å². The molecule has 2 rings (SSSR count). The Bertz CT molecular complexity index is 632. The molecule has 0 spiro atoms. The Morgan fingerprint density at radius 2 is 1.68 bits per heavy atom. The first-order chi connectivity index (χ1) is 10.6. The topological polar surface area (TPSA) is 47.6 Å². The highest BCUT2D eigenvalue weighted by Crippen LogP contribution is 2.25. The van der Waals surface area contributed by atoms with Crippen LogP contribution >= 0.6 is 0 Å². The van der Waals surface area contributed by atoms with Gasteiger partial charge in [-0.1, -0.05) is 29.3 Å². The van der Waals surface area contributed by atoms with Crippen LogP contribution in [0.3, 0.4) is 0 Å². The summed E-state index contributed by atoms with van der Waals surface area (Å²) in [5, 5.41) is 2.86. The van der Waals surface area contributed by atoms with Gasteiger partial charge in [0.15, 0.2) is 11.5 Å². The predicted molar refractivity (Wildman–Crippen MR) is 86.7 cm³/mol. The minimum absolute atomic E-state index is 0.0876. The minimum Gasteiger partial charge on any atom is -0.493 e. The van der Waals surface area contributed by atoms with E-state index in [0.29, 0.717) is 30.2 Å². The van der Waals surface area contributed by atoms with Gasteiger partial charge in [-0.05, 0) is 38.1 Å². The van der Waals surface area contributed by atoms with E-state index in [2.05, 4.69) is 5.32 Å². The highest BCUT2D eigenvalue weighted by molar-refractivity contribution is 5.94. The van der Waals surface area contributed by atoms with Crippen LogP contribution in [0.15, 0.2) is 42.5 Å². The minimum atomic E-state index is -0.0876. The van der Waals surface area contributed by atoms with Crippen LogP contribution < -0.4 is 14.8 Å². The molecule has 0 saturated heterocycles. The molecular weight excluding hydrogens is 278 g/mol. The number of aryl methyl sites for hydroxylation is 2. The maximum atomic E-state index is 12.1. The second-order valence-corrected chi connectivity index (χ2v) is 5.13. The molecule has 116 valence electrons. The highest BCUT2D eigenvalue weighted by atomic mass is 16.5. The van der Waals surface area contributed by atoms with Gasteiger partial charge in [0.1, 0.15) is 6.61 Å². The molecule has 1 amide bonds. The SMILES string of the molecule is COc1ccccc1OCCNC(=O)c1cc(C)cc(C)c1. The van der Waals surface area contributed by atoms with Crippen LogP contribution in [-0.4, -0.2) is 26.2 Å². The lowest BCUT2D eigenvalue weighted by Crippen LogP contribution is -2.28. The molecule has 0 aromatic heterocycles. The molecule has 4 heteroatoms. The summed E-state index contributed by atoms with van der Waals surface area (Å²) in [6.07, 6.45) is 0. The Hall–Kier alpha value is -2.49. The maximum Gasteiger partial charge on any atom is 0.251 e. The lowest BCUT2D eigenvalue weighted by molar-refractivity contribution is 0.0946. The van der Waals surface area contributed by atoms with Gasteiger partial charge in [0.25, 0.3) is 5.91 Å². The van der Waals surface area contributed by atoms with Crippen molar-refractivity contribution in [3.8, 4) is 11.5 Å². The zero-order valence-electron chi connectivity index (χ0n) is 13.2. The Morgan fingerprint density at radius 3 is 2.32 bits per heavy atom. The van der Waals surface area contributed by atoms with Crippen molar-refractivity contribution in [1.82, 2.24) is 5.32 Å². The fraction of sp³-hybridized carbons (Fsp3) is 0.278. The number of para-hydroxylation sites is 2. The second kappa shape index (κ2) is 7.50. The molecule has 0 aliphatic rings. The normalized spacial score (nSPS) is 10.1. The van der Waals surface area contributed by atoms with E-state index in [4.69, 9.17) is 9.47 Å². The average Bonchev–Trinajstić information content (AvgIpc) is 2.50. The lowest BCUT2D eigenvalue weighted by Gasteiger charge is -2.11. The summed E-state index contributed by atoms with van der Waals surface area (Å²) in [6.45, 7) is 4.78. The van der Waals surface area contributed by atoms with E-state index in [9.17, 15) is 4.79 Å². The largest absolute Gasteiger partial charge is 0.493 e. The van der Waals surface area contributed by atoms with Crippen LogP contribution in [0.2, 0.25) is 0 Å². The molecule has 1 N–H and O–H groups in total. The van der Waals surface area contributed by atoms with E-state index in [1.165, 1.54) is 0 Å². The first-order valence-electron chi connectivity index (χ1n) is 7.22. The molecule has 0 heterocycles. The van der Waals surface area contributed by atoms with Crippen molar-refractivity contribution in [3.63, 3.8) is 0 Å². The molecule has 2 aromatic carbocycles. The molecule has 0 unspecified atom stereocenters. The van der Waals surface area contributed by atoms with Crippen LogP contribution in [0, 0.1) is 13.8 Å². The number of hydrogen-bond donors (Lipinski definition) is 1. The first-order valence-corrected chi connectivity index (χ1v) is 7.22. The number of methoxy groups -OCH3 is 1. The van der Waals surface area contributed by atoms with Crippen LogP contribution in [0.5, 0.6) is 11.5 Å². The Morgan fingerprint density at radius 1 is 1.05 bits per heavy atom. The maximum absolute atomic E-state index is 12.1. The van der Waals surface area contributed by atoms with Crippen LogP contribution in [0.4, 0.5) is 0 Å². The van der Waals surface area contributed by atoms with E-state index in [1.54, 1.807) is 7.11 Å². The quantitative estimate of drug-likeness (QED) is 0.834. The number of nitrogens with one attached hydrogen (secondary N) is 1. The Balaban J connectivity index is 1.84. The lowest BCUT2D eigenvalue weighted by atomic mass is 10.1. The number of amides is 1. The van der Waals surface area contributed by atoms with E-state index in [1.807, 2.05) is 56.3 Å². The zero-order valence-corrected chi connectivity index (χ0v) is 13.2. The fourth-order valence-corrected chi connectivity index (χ4v) is 2.27. The molecule has 0 saturated carbocycles. The number of ether oxygens (including phenoxy) is 2. The molecule has 0 radical (unpaired) electrons.